The number of hydrogen-bond acceptors (Lipinski definition) is 1. The molecule has 1 aliphatic heterocycles. The topological polar surface area (TPSA) is 12.0 Å². The predicted molar refractivity (Wildman–Crippen MR) is 86.7 cm³/mol. The molecule has 0 amide bonds. The smallest absolute Gasteiger partial charge is 0.00436 e. The summed E-state index contributed by atoms with van der Waals surface area (Å²) in [5.41, 5.74) is 0.699. The van der Waals surface area contributed by atoms with Crippen LogP contribution in [0, 0.1) is 5.41 Å². The van der Waals surface area contributed by atoms with Crippen molar-refractivity contribution in [1.29, 1.82) is 0 Å². The van der Waals surface area contributed by atoms with Gasteiger partial charge in [0.15, 0.2) is 0 Å². The van der Waals surface area contributed by atoms with E-state index in [0.29, 0.717) is 5.41 Å². The summed E-state index contributed by atoms with van der Waals surface area (Å²) in [6.45, 7) is 7.15. The molecule has 1 nitrogen and oxygen atoms in total. The zero-order valence-electron chi connectivity index (χ0n) is 13.6. The maximum absolute atomic E-state index is 3.61. The van der Waals surface area contributed by atoms with Crippen molar-refractivity contribution in [2.45, 2.75) is 97.3 Å². The molecule has 114 valence electrons. The molecule has 1 N–H and O–H groups in total. The Morgan fingerprint density at radius 1 is 0.737 bits per heavy atom. The molecule has 0 saturated carbocycles. The first kappa shape index (κ1) is 17.0. The summed E-state index contributed by atoms with van der Waals surface area (Å²) in [6.07, 6.45) is 18.8. The van der Waals surface area contributed by atoms with Crippen LogP contribution < -0.4 is 5.32 Å². The summed E-state index contributed by atoms with van der Waals surface area (Å²) in [5, 5.41) is 3.61. The van der Waals surface area contributed by atoms with Crippen molar-refractivity contribution in [2.75, 3.05) is 13.1 Å². The van der Waals surface area contributed by atoms with Crippen molar-refractivity contribution in [1.82, 2.24) is 5.32 Å². The van der Waals surface area contributed by atoms with Crippen molar-refractivity contribution in [2.24, 2.45) is 5.41 Å². The first-order valence-electron chi connectivity index (χ1n) is 9.04. The van der Waals surface area contributed by atoms with Gasteiger partial charge in [-0.05, 0) is 50.6 Å². The van der Waals surface area contributed by atoms with E-state index in [-0.39, 0.29) is 0 Å². The molecule has 0 aromatic heterocycles. The first-order chi connectivity index (χ1) is 9.33. The van der Waals surface area contributed by atoms with Gasteiger partial charge < -0.3 is 5.32 Å². The minimum Gasteiger partial charge on any atom is -0.317 e. The lowest BCUT2D eigenvalue weighted by Crippen LogP contribution is -2.23. The summed E-state index contributed by atoms with van der Waals surface area (Å²) in [5.74, 6) is 0. The molecule has 1 fully saturated rings. The van der Waals surface area contributed by atoms with Crippen LogP contribution in [0.5, 0.6) is 0 Å². The van der Waals surface area contributed by atoms with E-state index in [9.17, 15) is 0 Å². The highest BCUT2D eigenvalue weighted by molar-refractivity contribution is 4.83. The predicted octanol–water partition coefficient (Wildman–Crippen LogP) is 5.69. The fourth-order valence-corrected chi connectivity index (χ4v) is 3.67. The molecule has 19 heavy (non-hydrogen) atoms. The summed E-state index contributed by atoms with van der Waals surface area (Å²) >= 11 is 0. The minimum atomic E-state index is 0.699. The van der Waals surface area contributed by atoms with Crippen LogP contribution in [0.4, 0.5) is 0 Å². The Labute approximate surface area is 121 Å². The van der Waals surface area contributed by atoms with Crippen LogP contribution in [0.1, 0.15) is 97.3 Å². The second-order valence-corrected chi connectivity index (χ2v) is 6.72. The van der Waals surface area contributed by atoms with Crippen molar-refractivity contribution in [3.05, 3.63) is 0 Å². The lowest BCUT2D eigenvalue weighted by atomic mass is 9.72. The Kier molecular flexibility index (Phi) is 9.59. The monoisotopic (exact) mass is 267 g/mol. The highest BCUT2D eigenvalue weighted by Gasteiger charge is 2.29. The van der Waals surface area contributed by atoms with E-state index in [4.69, 9.17) is 0 Å². The Bertz CT molecular complexity index is 178. The standard InChI is InChI=1S/C18H37N/c1-3-5-7-9-12-18(13-10-8-6-4-2)14-11-16-19-17-15-18/h19H,3-17H2,1-2H3. The molecule has 1 saturated heterocycles. The molecule has 0 radical (unpaired) electrons. The van der Waals surface area contributed by atoms with Gasteiger partial charge in [0.2, 0.25) is 0 Å². The van der Waals surface area contributed by atoms with Crippen LogP contribution in [0.2, 0.25) is 0 Å². The molecule has 1 rings (SSSR count). The van der Waals surface area contributed by atoms with Crippen LogP contribution in [-0.2, 0) is 0 Å². The van der Waals surface area contributed by atoms with Crippen LogP contribution in [0.3, 0.4) is 0 Å². The van der Waals surface area contributed by atoms with Gasteiger partial charge in [-0.3, -0.25) is 0 Å². The van der Waals surface area contributed by atoms with Gasteiger partial charge in [0.1, 0.15) is 0 Å². The highest BCUT2D eigenvalue weighted by Crippen LogP contribution is 2.40. The Hall–Kier alpha value is -0.0400. The molecule has 0 aromatic carbocycles. The highest BCUT2D eigenvalue weighted by atomic mass is 14.9. The number of unbranched alkanes of at least 4 members (excludes halogenated alkanes) is 6. The van der Waals surface area contributed by atoms with Crippen LogP contribution >= 0.6 is 0 Å². The third-order valence-corrected chi connectivity index (χ3v) is 5.01. The molecule has 0 atom stereocenters. The first-order valence-corrected chi connectivity index (χ1v) is 9.04. The maximum atomic E-state index is 3.61. The molecule has 1 heteroatoms. The molecule has 0 aromatic rings. The van der Waals surface area contributed by atoms with E-state index < -0.39 is 0 Å². The maximum Gasteiger partial charge on any atom is -0.00436 e. The van der Waals surface area contributed by atoms with E-state index in [2.05, 4.69) is 19.2 Å². The average Bonchev–Trinajstić information content (AvgIpc) is 2.66. The molecule has 1 heterocycles. The average molecular weight is 268 g/mol. The summed E-state index contributed by atoms with van der Waals surface area (Å²) in [6, 6.07) is 0. The summed E-state index contributed by atoms with van der Waals surface area (Å²) in [4.78, 5) is 0. The minimum absolute atomic E-state index is 0.699. The SMILES string of the molecule is CCCCCCC1(CCCCCC)CCCNCC1. The number of nitrogens with one attached hydrogen (secondary N) is 1. The van der Waals surface area contributed by atoms with E-state index in [1.807, 2.05) is 0 Å². The van der Waals surface area contributed by atoms with E-state index in [1.165, 1.54) is 96.6 Å². The van der Waals surface area contributed by atoms with Gasteiger partial charge in [0.05, 0.1) is 0 Å². The zero-order valence-corrected chi connectivity index (χ0v) is 13.6. The van der Waals surface area contributed by atoms with Crippen molar-refractivity contribution < 1.29 is 0 Å². The number of rotatable bonds is 10. The van der Waals surface area contributed by atoms with Crippen molar-refractivity contribution >= 4 is 0 Å². The fraction of sp³-hybridized carbons (Fsp3) is 1.00. The molecule has 0 bridgehead atoms. The van der Waals surface area contributed by atoms with Gasteiger partial charge in [-0.15, -0.1) is 0 Å². The van der Waals surface area contributed by atoms with Gasteiger partial charge in [0.25, 0.3) is 0 Å². The van der Waals surface area contributed by atoms with Gasteiger partial charge in [-0.25, -0.2) is 0 Å². The van der Waals surface area contributed by atoms with Gasteiger partial charge in [-0.1, -0.05) is 65.2 Å². The Morgan fingerprint density at radius 2 is 1.37 bits per heavy atom. The second-order valence-electron chi connectivity index (χ2n) is 6.72. The Morgan fingerprint density at radius 3 is 1.95 bits per heavy atom. The largest absolute Gasteiger partial charge is 0.317 e. The lowest BCUT2D eigenvalue weighted by molar-refractivity contribution is 0.194. The number of hydrogen-bond donors (Lipinski definition) is 1. The van der Waals surface area contributed by atoms with Crippen molar-refractivity contribution in [3.63, 3.8) is 0 Å². The lowest BCUT2D eigenvalue weighted by Gasteiger charge is -2.33. The van der Waals surface area contributed by atoms with Crippen molar-refractivity contribution in [3.8, 4) is 0 Å². The summed E-state index contributed by atoms with van der Waals surface area (Å²) < 4.78 is 0. The Balaban J connectivity index is 2.36. The molecular formula is C18H37N. The van der Waals surface area contributed by atoms with E-state index >= 15 is 0 Å². The molecule has 0 unspecified atom stereocenters. The molecule has 1 aliphatic rings. The third kappa shape index (κ3) is 7.34. The van der Waals surface area contributed by atoms with Gasteiger partial charge >= 0.3 is 0 Å². The van der Waals surface area contributed by atoms with Gasteiger partial charge in [-0.2, -0.15) is 0 Å². The normalized spacial score (nSPS) is 19.3. The molecule has 0 aliphatic carbocycles. The zero-order chi connectivity index (χ0) is 13.8. The van der Waals surface area contributed by atoms with Crippen LogP contribution in [0.25, 0.3) is 0 Å². The fourth-order valence-electron chi connectivity index (χ4n) is 3.67. The van der Waals surface area contributed by atoms with Crippen LogP contribution in [-0.4, -0.2) is 13.1 Å². The summed E-state index contributed by atoms with van der Waals surface area (Å²) in [7, 11) is 0. The molecule has 0 spiro atoms. The van der Waals surface area contributed by atoms with Gasteiger partial charge in [0, 0.05) is 0 Å². The van der Waals surface area contributed by atoms with E-state index in [0.717, 1.165) is 0 Å². The van der Waals surface area contributed by atoms with Crippen LogP contribution in [0.15, 0.2) is 0 Å². The molecular weight excluding hydrogens is 230 g/mol. The second kappa shape index (κ2) is 10.7. The third-order valence-electron chi connectivity index (χ3n) is 5.01. The quantitative estimate of drug-likeness (QED) is 0.502. The van der Waals surface area contributed by atoms with E-state index in [1.54, 1.807) is 0 Å².